The molecule has 8 heteroatoms. The first-order valence-corrected chi connectivity index (χ1v) is 4.08. The maximum atomic E-state index is 13.4. The minimum absolute atomic E-state index is 0.567. The van der Waals surface area contributed by atoms with Crippen molar-refractivity contribution >= 4 is 5.69 Å². The second kappa shape index (κ2) is 3.65. The van der Waals surface area contributed by atoms with E-state index >= 15 is 0 Å². The van der Waals surface area contributed by atoms with Crippen LogP contribution in [0.3, 0.4) is 0 Å². The smallest absolute Gasteiger partial charge is 0.258 e. The maximum absolute atomic E-state index is 13.4. The zero-order valence-corrected chi connectivity index (χ0v) is 7.67. The number of hydrogen-bond donors (Lipinski definition) is 0. The zero-order chi connectivity index (χ0) is 11.7. The Labute approximate surface area is 87.3 Å². The van der Waals surface area contributed by atoms with E-state index < -0.39 is 27.9 Å². The standard InChI is InChI=1S/C8H4F2N4O2/c9-5-1-2-6(14(15)16)8(7(5)10)13-4-11-3-12-13/h1-4H. The molecule has 0 fully saturated rings. The van der Waals surface area contributed by atoms with Crippen molar-refractivity contribution in [1.82, 2.24) is 14.8 Å². The van der Waals surface area contributed by atoms with E-state index in [1.165, 1.54) is 0 Å². The molecule has 0 aliphatic rings. The fourth-order valence-electron chi connectivity index (χ4n) is 1.22. The molecule has 0 amide bonds. The third kappa shape index (κ3) is 1.49. The molecule has 0 spiro atoms. The van der Waals surface area contributed by atoms with Gasteiger partial charge >= 0.3 is 0 Å². The molecule has 0 aliphatic heterocycles. The van der Waals surface area contributed by atoms with Crippen LogP contribution in [0.1, 0.15) is 0 Å². The van der Waals surface area contributed by atoms with E-state index in [-0.39, 0.29) is 0 Å². The topological polar surface area (TPSA) is 73.8 Å². The molecular formula is C8H4F2N4O2. The van der Waals surface area contributed by atoms with Gasteiger partial charge in [0.25, 0.3) is 5.69 Å². The van der Waals surface area contributed by atoms with Crippen molar-refractivity contribution in [3.8, 4) is 5.69 Å². The van der Waals surface area contributed by atoms with Gasteiger partial charge in [-0.2, -0.15) is 5.10 Å². The van der Waals surface area contributed by atoms with E-state index in [0.717, 1.165) is 23.4 Å². The zero-order valence-electron chi connectivity index (χ0n) is 7.67. The number of hydrogen-bond acceptors (Lipinski definition) is 4. The molecule has 16 heavy (non-hydrogen) atoms. The van der Waals surface area contributed by atoms with Crippen LogP contribution in [0.2, 0.25) is 0 Å². The Morgan fingerprint density at radius 1 is 1.38 bits per heavy atom. The molecule has 0 aliphatic carbocycles. The molecule has 82 valence electrons. The number of nitro benzene ring substituents is 1. The van der Waals surface area contributed by atoms with Crippen molar-refractivity contribution in [2.45, 2.75) is 0 Å². The summed E-state index contributed by atoms with van der Waals surface area (Å²) < 4.78 is 27.2. The first-order chi connectivity index (χ1) is 7.61. The summed E-state index contributed by atoms with van der Waals surface area (Å²) >= 11 is 0. The second-order valence-electron chi connectivity index (χ2n) is 2.83. The molecule has 2 rings (SSSR count). The molecule has 1 heterocycles. The summed E-state index contributed by atoms with van der Waals surface area (Å²) in [5.74, 6) is -2.52. The van der Waals surface area contributed by atoms with Crippen LogP contribution in [-0.4, -0.2) is 19.7 Å². The minimum Gasteiger partial charge on any atom is -0.258 e. The van der Waals surface area contributed by atoms with Gasteiger partial charge in [-0.1, -0.05) is 0 Å². The summed E-state index contributed by atoms with van der Waals surface area (Å²) in [6.07, 6.45) is 2.11. The first kappa shape index (κ1) is 10.1. The summed E-state index contributed by atoms with van der Waals surface area (Å²) in [5, 5.41) is 14.2. The Bertz CT molecular complexity index is 541. The van der Waals surface area contributed by atoms with E-state index in [1.807, 2.05) is 0 Å². The lowest BCUT2D eigenvalue weighted by atomic mass is 10.2. The highest BCUT2D eigenvalue weighted by Gasteiger charge is 2.23. The summed E-state index contributed by atoms with van der Waals surface area (Å²) in [7, 11) is 0. The van der Waals surface area contributed by atoms with Crippen molar-refractivity contribution in [3.05, 3.63) is 46.5 Å². The Hall–Kier alpha value is -2.38. The van der Waals surface area contributed by atoms with E-state index in [4.69, 9.17) is 0 Å². The third-order valence-electron chi connectivity index (χ3n) is 1.89. The van der Waals surface area contributed by atoms with E-state index in [9.17, 15) is 18.9 Å². The van der Waals surface area contributed by atoms with Crippen LogP contribution < -0.4 is 0 Å². The lowest BCUT2D eigenvalue weighted by Gasteiger charge is -2.03. The second-order valence-corrected chi connectivity index (χ2v) is 2.83. The first-order valence-electron chi connectivity index (χ1n) is 4.08. The third-order valence-corrected chi connectivity index (χ3v) is 1.89. The molecule has 0 bridgehead atoms. The molecule has 6 nitrogen and oxygen atoms in total. The Morgan fingerprint density at radius 3 is 2.69 bits per heavy atom. The Balaban J connectivity index is 2.74. The van der Waals surface area contributed by atoms with Gasteiger partial charge in [-0.05, 0) is 6.07 Å². The predicted molar refractivity (Wildman–Crippen MR) is 47.9 cm³/mol. The van der Waals surface area contributed by atoms with Crippen molar-refractivity contribution in [1.29, 1.82) is 0 Å². The van der Waals surface area contributed by atoms with E-state index in [2.05, 4.69) is 10.1 Å². The molecule has 1 aromatic carbocycles. The molecular weight excluding hydrogens is 222 g/mol. The summed E-state index contributed by atoms with van der Waals surface area (Å²) in [5.41, 5.74) is -1.15. The molecule has 2 aromatic rings. The largest absolute Gasteiger partial charge is 0.298 e. The van der Waals surface area contributed by atoms with Crippen LogP contribution in [0, 0.1) is 21.7 Å². The molecule has 0 atom stereocenters. The van der Waals surface area contributed by atoms with Crippen LogP contribution in [-0.2, 0) is 0 Å². The highest BCUT2D eigenvalue weighted by Crippen LogP contribution is 2.26. The fourth-order valence-corrected chi connectivity index (χ4v) is 1.22. The van der Waals surface area contributed by atoms with Gasteiger partial charge in [-0.3, -0.25) is 10.1 Å². The van der Waals surface area contributed by atoms with Gasteiger partial charge in [0.15, 0.2) is 17.3 Å². The van der Waals surface area contributed by atoms with Crippen molar-refractivity contribution in [2.75, 3.05) is 0 Å². The lowest BCUT2D eigenvalue weighted by Crippen LogP contribution is -2.05. The van der Waals surface area contributed by atoms with Crippen LogP contribution in [0.25, 0.3) is 5.69 Å². The average molecular weight is 226 g/mol. The molecule has 0 unspecified atom stereocenters. The number of rotatable bonds is 2. The summed E-state index contributed by atoms with van der Waals surface area (Å²) in [6, 6.07) is 1.56. The maximum Gasteiger partial charge on any atom is 0.298 e. The minimum atomic E-state index is -1.33. The number of nitrogens with zero attached hydrogens (tertiary/aromatic N) is 4. The SMILES string of the molecule is O=[N+]([O-])c1ccc(F)c(F)c1-n1cncn1. The number of aromatic nitrogens is 3. The van der Waals surface area contributed by atoms with Crippen LogP contribution >= 0.6 is 0 Å². The average Bonchev–Trinajstić information content (AvgIpc) is 2.74. The van der Waals surface area contributed by atoms with Crippen molar-refractivity contribution < 1.29 is 13.7 Å². The number of benzene rings is 1. The van der Waals surface area contributed by atoms with E-state index in [0.29, 0.717) is 6.07 Å². The normalized spacial score (nSPS) is 10.4. The number of halogens is 2. The Kier molecular flexibility index (Phi) is 2.31. The fraction of sp³-hybridized carbons (Fsp3) is 0. The van der Waals surface area contributed by atoms with Crippen LogP contribution in [0.5, 0.6) is 0 Å². The number of nitro groups is 1. The molecule has 0 N–H and O–H groups in total. The monoisotopic (exact) mass is 226 g/mol. The van der Waals surface area contributed by atoms with Gasteiger partial charge in [0.2, 0.25) is 0 Å². The van der Waals surface area contributed by atoms with Gasteiger partial charge in [-0.25, -0.2) is 18.4 Å². The van der Waals surface area contributed by atoms with Gasteiger partial charge in [-0.15, -0.1) is 0 Å². The van der Waals surface area contributed by atoms with Gasteiger partial charge in [0, 0.05) is 6.07 Å². The van der Waals surface area contributed by atoms with Gasteiger partial charge in [0.05, 0.1) is 4.92 Å². The lowest BCUT2D eigenvalue weighted by molar-refractivity contribution is -0.384. The molecule has 0 radical (unpaired) electrons. The van der Waals surface area contributed by atoms with Crippen LogP contribution in [0.15, 0.2) is 24.8 Å². The predicted octanol–water partition coefficient (Wildman–Crippen LogP) is 1.45. The Morgan fingerprint density at radius 2 is 2.12 bits per heavy atom. The molecule has 1 aromatic heterocycles. The van der Waals surface area contributed by atoms with Gasteiger partial charge < -0.3 is 0 Å². The quantitative estimate of drug-likeness (QED) is 0.573. The van der Waals surface area contributed by atoms with Crippen molar-refractivity contribution in [2.24, 2.45) is 0 Å². The molecule has 0 saturated carbocycles. The van der Waals surface area contributed by atoms with E-state index in [1.54, 1.807) is 0 Å². The highest BCUT2D eigenvalue weighted by molar-refractivity contribution is 5.52. The molecule has 0 saturated heterocycles. The van der Waals surface area contributed by atoms with Gasteiger partial charge in [0.1, 0.15) is 12.7 Å². The summed E-state index contributed by atoms with van der Waals surface area (Å²) in [6.45, 7) is 0. The van der Waals surface area contributed by atoms with Crippen LogP contribution in [0.4, 0.5) is 14.5 Å². The van der Waals surface area contributed by atoms with Crippen molar-refractivity contribution in [3.63, 3.8) is 0 Å². The summed E-state index contributed by atoms with van der Waals surface area (Å²) in [4.78, 5) is 13.3. The highest BCUT2D eigenvalue weighted by atomic mass is 19.2.